The van der Waals surface area contributed by atoms with Gasteiger partial charge in [-0.3, -0.25) is 9.59 Å². The molecule has 0 bridgehead atoms. The molecule has 102 valence electrons. The van der Waals surface area contributed by atoms with Crippen molar-refractivity contribution in [2.45, 2.75) is 13.8 Å². The molecule has 2 amide bonds. The van der Waals surface area contributed by atoms with E-state index in [9.17, 15) is 9.59 Å². The SMILES string of the molecule is Cc1ccc(C)c(C(=O)Nc2ccc(C(N)=O)cc2)c1. The molecule has 4 heteroatoms. The van der Waals surface area contributed by atoms with Crippen LogP contribution < -0.4 is 11.1 Å². The third-order valence-electron chi connectivity index (χ3n) is 3.06. The van der Waals surface area contributed by atoms with E-state index in [4.69, 9.17) is 5.73 Å². The van der Waals surface area contributed by atoms with Crippen LogP contribution in [0.3, 0.4) is 0 Å². The Bertz CT molecular complexity index is 661. The van der Waals surface area contributed by atoms with Crippen LogP contribution in [0.1, 0.15) is 31.8 Å². The Morgan fingerprint density at radius 2 is 1.65 bits per heavy atom. The molecule has 0 spiro atoms. The van der Waals surface area contributed by atoms with Gasteiger partial charge in [-0.15, -0.1) is 0 Å². The van der Waals surface area contributed by atoms with Crippen molar-refractivity contribution in [3.8, 4) is 0 Å². The summed E-state index contributed by atoms with van der Waals surface area (Å²) in [4.78, 5) is 23.2. The topological polar surface area (TPSA) is 72.2 Å². The van der Waals surface area contributed by atoms with E-state index in [2.05, 4.69) is 5.32 Å². The number of carbonyl (C=O) groups excluding carboxylic acids is 2. The number of benzene rings is 2. The Balaban J connectivity index is 2.19. The molecule has 0 heterocycles. The summed E-state index contributed by atoms with van der Waals surface area (Å²) < 4.78 is 0. The van der Waals surface area contributed by atoms with E-state index in [-0.39, 0.29) is 5.91 Å². The summed E-state index contributed by atoms with van der Waals surface area (Å²) in [6, 6.07) is 12.2. The van der Waals surface area contributed by atoms with Gasteiger partial charge in [-0.05, 0) is 49.7 Å². The first-order valence-corrected chi connectivity index (χ1v) is 6.26. The molecule has 0 fully saturated rings. The van der Waals surface area contributed by atoms with Gasteiger partial charge in [-0.2, -0.15) is 0 Å². The van der Waals surface area contributed by atoms with Crippen LogP contribution in [-0.2, 0) is 0 Å². The van der Waals surface area contributed by atoms with Gasteiger partial charge in [0.1, 0.15) is 0 Å². The summed E-state index contributed by atoms with van der Waals surface area (Å²) in [5, 5.41) is 2.80. The van der Waals surface area contributed by atoms with Crippen LogP contribution in [-0.4, -0.2) is 11.8 Å². The smallest absolute Gasteiger partial charge is 0.255 e. The fraction of sp³-hybridized carbons (Fsp3) is 0.125. The largest absolute Gasteiger partial charge is 0.366 e. The van der Waals surface area contributed by atoms with Crippen LogP contribution in [0.2, 0.25) is 0 Å². The normalized spacial score (nSPS) is 10.1. The van der Waals surface area contributed by atoms with E-state index in [0.29, 0.717) is 16.8 Å². The van der Waals surface area contributed by atoms with Crippen molar-refractivity contribution in [1.82, 2.24) is 0 Å². The molecule has 0 saturated carbocycles. The highest BCUT2D eigenvalue weighted by molar-refractivity contribution is 6.05. The molecular weight excluding hydrogens is 252 g/mol. The Hall–Kier alpha value is -2.62. The molecule has 2 rings (SSSR count). The molecule has 0 aliphatic carbocycles. The quantitative estimate of drug-likeness (QED) is 0.898. The van der Waals surface area contributed by atoms with Gasteiger partial charge >= 0.3 is 0 Å². The molecule has 20 heavy (non-hydrogen) atoms. The molecule has 2 aromatic rings. The van der Waals surface area contributed by atoms with Crippen molar-refractivity contribution in [2.75, 3.05) is 5.32 Å². The van der Waals surface area contributed by atoms with Gasteiger partial charge in [0.15, 0.2) is 0 Å². The van der Waals surface area contributed by atoms with Gasteiger partial charge < -0.3 is 11.1 Å². The van der Waals surface area contributed by atoms with Crippen LogP contribution in [0.15, 0.2) is 42.5 Å². The zero-order valence-corrected chi connectivity index (χ0v) is 11.4. The number of carbonyl (C=O) groups is 2. The highest BCUT2D eigenvalue weighted by Gasteiger charge is 2.09. The van der Waals surface area contributed by atoms with E-state index >= 15 is 0 Å². The number of nitrogens with two attached hydrogens (primary N) is 1. The number of hydrogen-bond acceptors (Lipinski definition) is 2. The molecule has 0 unspecified atom stereocenters. The Morgan fingerprint density at radius 3 is 2.25 bits per heavy atom. The van der Waals surface area contributed by atoms with E-state index in [1.165, 1.54) is 0 Å². The fourth-order valence-electron chi connectivity index (χ4n) is 1.90. The summed E-state index contributed by atoms with van der Waals surface area (Å²) in [7, 11) is 0. The van der Waals surface area contributed by atoms with Gasteiger partial charge in [0.25, 0.3) is 5.91 Å². The lowest BCUT2D eigenvalue weighted by molar-refractivity contribution is 0.0998. The standard InChI is InChI=1S/C16H16N2O2/c1-10-3-4-11(2)14(9-10)16(20)18-13-7-5-12(6-8-13)15(17)19/h3-9H,1-2H3,(H2,17,19)(H,18,20). The third-order valence-corrected chi connectivity index (χ3v) is 3.06. The zero-order valence-electron chi connectivity index (χ0n) is 11.4. The minimum atomic E-state index is -0.489. The van der Waals surface area contributed by atoms with Gasteiger partial charge in [-0.25, -0.2) is 0 Å². The Morgan fingerprint density at radius 1 is 1.00 bits per heavy atom. The first-order chi connectivity index (χ1) is 9.47. The highest BCUT2D eigenvalue weighted by Crippen LogP contribution is 2.15. The van der Waals surface area contributed by atoms with Crippen LogP contribution >= 0.6 is 0 Å². The molecule has 4 nitrogen and oxygen atoms in total. The minimum absolute atomic E-state index is 0.168. The van der Waals surface area contributed by atoms with Gasteiger partial charge in [0.05, 0.1) is 0 Å². The van der Waals surface area contributed by atoms with Crippen molar-refractivity contribution < 1.29 is 9.59 Å². The lowest BCUT2D eigenvalue weighted by Crippen LogP contribution is -2.14. The predicted molar refractivity (Wildman–Crippen MR) is 78.8 cm³/mol. The number of primary amides is 1. The van der Waals surface area contributed by atoms with Gasteiger partial charge in [0, 0.05) is 16.8 Å². The molecule has 0 aliphatic heterocycles. The first kappa shape index (κ1) is 13.8. The molecule has 0 saturated heterocycles. The number of hydrogen-bond donors (Lipinski definition) is 2. The summed E-state index contributed by atoms with van der Waals surface area (Å²) in [6.07, 6.45) is 0. The van der Waals surface area contributed by atoms with Crippen molar-refractivity contribution >= 4 is 17.5 Å². The maximum atomic E-state index is 12.2. The fourth-order valence-corrected chi connectivity index (χ4v) is 1.90. The summed E-state index contributed by atoms with van der Waals surface area (Å²) in [5.41, 5.74) is 8.80. The van der Waals surface area contributed by atoms with Crippen molar-refractivity contribution in [3.05, 3.63) is 64.7 Å². The zero-order chi connectivity index (χ0) is 14.7. The maximum Gasteiger partial charge on any atom is 0.255 e. The lowest BCUT2D eigenvalue weighted by Gasteiger charge is -2.09. The molecule has 0 atom stereocenters. The van der Waals surface area contributed by atoms with E-state index < -0.39 is 5.91 Å². The molecule has 2 aromatic carbocycles. The Kier molecular flexibility index (Phi) is 3.84. The second kappa shape index (κ2) is 5.57. The average molecular weight is 268 g/mol. The van der Waals surface area contributed by atoms with Gasteiger partial charge in [0.2, 0.25) is 5.91 Å². The molecule has 0 aromatic heterocycles. The predicted octanol–water partition coefficient (Wildman–Crippen LogP) is 2.65. The number of rotatable bonds is 3. The van der Waals surface area contributed by atoms with Gasteiger partial charge in [-0.1, -0.05) is 17.7 Å². The minimum Gasteiger partial charge on any atom is -0.366 e. The second-order valence-corrected chi connectivity index (χ2v) is 4.71. The first-order valence-electron chi connectivity index (χ1n) is 6.26. The second-order valence-electron chi connectivity index (χ2n) is 4.71. The molecular formula is C16H16N2O2. The van der Waals surface area contributed by atoms with Crippen molar-refractivity contribution in [2.24, 2.45) is 5.73 Å². The van der Waals surface area contributed by atoms with Crippen LogP contribution in [0, 0.1) is 13.8 Å². The summed E-state index contributed by atoms with van der Waals surface area (Å²) in [5.74, 6) is -0.657. The Labute approximate surface area is 117 Å². The van der Waals surface area contributed by atoms with E-state index in [1.54, 1.807) is 24.3 Å². The molecule has 0 aliphatic rings. The summed E-state index contributed by atoms with van der Waals surface area (Å²) in [6.45, 7) is 3.84. The average Bonchev–Trinajstić information content (AvgIpc) is 2.42. The number of amides is 2. The maximum absolute atomic E-state index is 12.2. The van der Waals surface area contributed by atoms with Crippen LogP contribution in [0.5, 0.6) is 0 Å². The van der Waals surface area contributed by atoms with Crippen molar-refractivity contribution in [3.63, 3.8) is 0 Å². The van der Waals surface area contributed by atoms with E-state index in [1.807, 2.05) is 32.0 Å². The molecule has 3 N–H and O–H groups in total. The van der Waals surface area contributed by atoms with Crippen LogP contribution in [0.4, 0.5) is 5.69 Å². The lowest BCUT2D eigenvalue weighted by atomic mass is 10.0. The van der Waals surface area contributed by atoms with Crippen LogP contribution in [0.25, 0.3) is 0 Å². The third kappa shape index (κ3) is 3.03. The van der Waals surface area contributed by atoms with Crippen molar-refractivity contribution in [1.29, 1.82) is 0 Å². The number of aryl methyl sites for hydroxylation is 2. The summed E-state index contributed by atoms with van der Waals surface area (Å²) >= 11 is 0. The monoisotopic (exact) mass is 268 g/mol. The highest BCUT2D eigenvalue weighted by atomic mass is 16.2. The van der Waals surface area contributed by atoms with E-state index in [0.717, 1.165) is 11.1 Å². The number of anilines is 1. The number of nitrogens with one attached hydrogen (secondary N) is 1. The molecule has 0 radical (unpaired) electrons.